The van der Waals surface area contributed by atoms with E-state index in [0.717, 1.165) is 0 Å². The number of carbonyl (C=O) groups is 1. The minimum Gasteiger partial charge on any atom is -0.508 e. The second-order valence-electron chi connectivity index (χ2n) is 3.40. The van der Waals surface area contributed by atoms with Crippen LogP contribution in [0.5, 0.6) is 5.75 Å². The molecule has 0 aliphatic carbocycles. The number of hydrogen-bond donors (Lipinski definition) is 1. The fourth-order valence-corrected chi connectivity index (χ4v) is 1.49. The monoisotopic (exact) mass is 216 g/mol. The molecule has 0 bridgehead atoms. The van der Waals surface area contributed by atoms with Crippen LogP contribution in [-0.4, -0.2) is 11.4 Å². The van der Waals surface area contributed by atoms with Gasteiger partial charge in [-0.05, 0) is 35.4 Å². The average molecular weight is 216 g/mol. The summed E-state index contributed by atoms with van der Waals surface area (Å²) in [5, 5.41) is 9.29. The lowest BCUT2D eigenvalue weighted by molar-refractivity contribution is 0.112. The molecule has 0 radical (unpaired) electrons. The normalized spacial score (nSPS) is 10.1. The second kappa shape index (κ2) is 4.14. The van der Waals surface area contributed by atoms with Gasteiger partial charge in [-0.25, -0.2) is 4.39 Å². The summed E-state index contributed by atoms with van der Waals surface area (Å²) in [7, 11) is 0. The summed E-state index contributed by atoms with van der Waals surface area (Å²) < 4.78 is 13.3. The van der Waals surface area contributed by atoms with Crippen LogP contribution < -0.4 is 0 Å². The Morgan fingerprint density at radius 1 is 1.06 bits per heavy atom. The van der Waals surface area contributed by atoms with Gasteiger partial charge >= 0.3 is 0 Å². The van der Waals surface area contributed by atoms with Crippen molar-refractivity contribution in [2.45, 2.75) is 0 Å². The van der Waals surface area contributed by atoms with E-state index in [1.807, 2.05) is 0 Å². The molecule has 2 aromatic rings. The van der Waals surface area contributed by atoms with Crippen LogP contribution in [-0.2, 0) is 0 Å². The van der Waals surface area contributed by atoms with E-state index in [4.69, 9.17) is 0 Å². The van der Waals surface area contributed by atoms with Crippen molar-refractivity contribution >= 4 is 6.29 Å². The minimum atomic E-state index is -0.559. The van der Waals surface area contributed by atoms with Gasteiger partial charge in [0.15, 0.2) is 6.29 Å². The van der Waals surface area contributed by atoms with E-state index in [1.54, 1.807) is 24.3 Å². The number of phenolic OH excluding ortho intramolecular Hbond substituents is 1. The summed E-state index contributed by atoms with van der Waals surface area (Å²) in [5.41, 5.74) is 1.36. The fourth-order valence-electron chi connectivity index (χ4n) is 1.49. The van der Waals surface area contributed by atoms with Crippen LogP contribution >= 0.6 is 0 Å². The van der Waals surface area contributed by atoms with Crippen LogP contribution in [0.3, 0.4) is 0 Å². The Hall–Kier alpha value is -2.16. The molecule has 0 aromatic heterocycles. The number of hydrogen-bond acceptors (Lipinski definition) is 2. The molecule has 0 spiro atoms. The Balaban J connectivity index is 2.49. The minimum absolute atomic E-state index is 0.0314. The number of aromatic hydroxyl groups is 1. The Morgan fingerprint density at radius 2 is 1.81 bits per heavy atom. The molecule has 0 saturated carbocycles. The maximum Gasteiger partial charge on any atom is 0.152 e. The van der Waals surface area contributed by atoms with Gasteiger partial charge in [-0.3, -0.25) is 4.79 Å². The SMILES string of the molecule is O=Cc1ccc(-c2cccc(O)c2)cc1F. The molecule has 0 aliphatic heterocycles. The Morgan fingerprint density at radius 3 is 2.44 bits per heavy atom. The molecule has 0 fully saturated rings. The molecule has 2 nitrogen and oxygen atoms in total. The summed E-state index contributed by atoms with van der Waals surface area (Å²) in [6.07, 6.45) is 0.474. The number of halogens is 1. The zero-order valence-corrected chi connectivity index (χ0v) is 8.35. The maximum atomic E-state index is 13.3. The first-order chi connectivity index (χ1) is 7.70. The quantitative estimate of drug-likeness (QED) is 0.783. The smallest absolute Gasteiger partial charge is 0.152 e. The molecule has 0 saturated heterocycles. The van der Waals surface area contributed by atoms with Crippen LogP contribution in [0.4, 0.5) is 4.39 Å². The molecular weight excluding hydrogens is 207 g/mol. The summed E-state index contributed by atoms with van der Waals surface area (Å²) in [6.45, 7) is 0. The molecule has 0 amide bonds. The summed E-state index contributed by atoms with van der Waals surface area (Å²) in [4.78, 5) is 10.4. The number of benzene rings is 2. The van der Waals surface area contributed by atoms with Gasteiger partial charge in [-0.1, -0.05) is 18.2 Å². The zero-order valence-electron chi connectivity index (χ0n) is 8.35. The number of phenols is 1. The van der Waals surface area contributed by atoms with Gasteiger partial charge in [0.2, 0.25) is 0 Å². The first-order valence-electron chi connectivity index (χ1n) is 4.75. The lowest BCUT2D eigenvalue weighted by Gasteiger charge is -2.03. The Labute approximate surface area is 92.0 Å². The topological polar surface area (TPSA) is 37.3 Å². The molecule has 2 rings (SSSR count). The molecule has 0 aliphatic rings. The molecule has 0 unspecified atom stereocenters. The molecule has 2 aromatic carbocycles. The Kier molecular flexibility index (Phi) is 2.68. The number of carbonyl (C=O) groups excluding carboxylic acids is 1. The number of rotatable bonds is 2. The highest BCUT2D eigenvalue weighted by Gasteiger charge is 2.04. The van der Waals surface area contributed by atoms with Crippen LogP contribution in [0.2, 0.25) is 0 Å². The van der Waals surface area contributed by atoms with Gasteiger partial charge in [0.1, 0.15) is 11.6 Å². The molecule has 16 heavy (non-hydrogen) atoms. The van der Waals surface area contributed by atoms with E-state index < -0.39 is 5.82 Å². The lowest BCUT2D eigenvalue weighted by Crippen LogP contribution is -1.88. The average Bonchev–Trinajstić information content (AvgIpc) is 2.29. The molecule has 0 heterocycles. The third-order valence-electron chi connectivity index (χ3n) is 2.31. The van der Waals surface area contributed by atoms with Crippen molar-refractivity contribution in [2.75, 3.05) is 0 Å². The number of aldehydes is 1. The molecule has 3 heteroatoms. The van der Waals surface area contributed by atoms with Gasteiger partial charge in [-0.15, -0.1) is 0 Å². The van der Waals surface area contributed by atoms with Gasteiger partial charge in [-0.2, -0.15) is 0 Å². The van der Waals surface area contributed by atoms with Crippen molar-refractivity contribution in [3.63, 3.8) is 0 Å². The van der Waals surface area contributed by atoms with Crippen LogP contribution in [0, 0.1) is 5.82 Å². The second-order valence-corrected chi connectivity index (χ2v) is 3.40. The van der Waals surface area contributed by atoms with Gasteiger partial charge in [0.05, 0.1) is 5.56 Å². The lowest BCUT2D eigenvalue weighted by atomic mass is 10.0. The summed E-state index contributed by atoms with van der Waals surface area (Å²) in [5.74, 6) is -0.437. The molecule has 1 N–H and O–H groups in total. The van der Waals surface area contributed by atoms with E-state index >= 15 is 0 Å². The van der Waals surface area contributed by atoms with E-state index in [1.165, 1.54) is 18.2 Å². The fraction of sp³-hybridized carbons (Fsp3) is 0. The van der Waals surface area contributed by atoms with Crippen molar-refractivity contribution in [1.82, 2.24) is 0 Å². The van der Waals surface area contributed by atoms with Crippen LogP contribution in [0.25, 0.3) is 11.1 Å². The van der Waals surface area contributed by atoms with Crippen LogP contribution in [0.15, 0.2) is 42.5 Å². The maximum absolute atomic E-state index is 13.3. The highest BCUT2D eigenvalue weighted by molar-refractivity contribution is 5.77. The predicted molar refractivity (Wildman–Crippen MR) is 58.9 cm³/mol. The summed E-state index contributed by atoms with van der Waals surface area (Å²) >= 11 is 0. The summed E-state index contributed by atoms with van der Waals surface area (Å²) in [6, 6.07) is 10.8. The molecule has 0 atom stereocenters. The zero-order chi connectivity index (χ0) is 11.5. The first-order valence-corrected chi connectivity index (χ1v) is 4.75. The highest BCUT2D eigenvalue weighted by Crippen LogP contribution is 2.24. The first kappa shape index (κ1) is 10.4. The Bertz CT molecular complexity index is 535. The van der Waals surface area contributed by atoms with E-state index in [0.29, 0.717) is 17.4 Å². The standard InChI is InChI=1S/C13H9FO2/c14-13-7-10(4-5-11(13)8-15)9-2-1-3-12(16)6-9/h1-8,16H. The van der Waals surface area contributed by atoms with Crippen molar-refractivity contribution in [3.05, 3.63) is 53.8 Å². The van der Waals surface area contributed by atoms with Gasteiger partial charge in [0, 0.05) is 0 Å². The molecular formula is C13H9FO2. The van der Waals surface area contributed by atoms with Crippen LogP contribution in [0.1, 0.15) is 10.4 Å². The van der Waals surface area contributed by atoms with Crippen molar-refractivity contribution < 1.29 is 14.3 Å². The largest absolute Gasteiger partial charge is 0.508 e. The van der Waals surface area contributed by atoms with E-state index in [9.17, 15) is 14.3 Å². The third kappa shape index (κ3) is 1.93. The van der Waals surface area contributed by atoms with Crippen molar-refractivity contribution in [2.24, 2.45) is 0 Å². The molecule has 80 valence electrons. The van der Waals surface area contributed by atoms with Crippen molar-refractivity contribution in [3.8, 4) is 16.9 Å². The van der Waals surface area contributed by atoms with Gasteiger partial charge in [0.25, 0.3) is 0 Å². The van der Waals surface area contributed by atoms with E-state index in [2.05, 4.69) is 0 Å². The highest BCUT2D eigenvalue weighted by atomic mass is 19.1. The third-order valence-corrected chi connectivity index (χ3v) is 2.31. The van der Waals surface area contributed by atoms with Gasteiger partial charge < -0.3 is 5.11 Å². The van der Waals surface area contributed by atoms with E-state index in [-0.39, 0.29) is 11.3 Å². The van der Waals surface area contributed by atoms with Crippen molar-refractivity contribution in [1.29, 1.82) is 0 Å². The predicted octanol–water partition coefficient (Wildman–Crippen LogP) is 3.01.